The van der Waals surface area contributed by atoms with E-state index in [1.54, 1.807) is 31.2 Å². The van der Waals surface area contributed by atoms with Crippen molar-refractivity contribution in [1.82, 2.24) is 5.16 Å². The van der Waals surface area contributed by atoms with Crippen LogP contribution in [0.15, 0.2) is 28.8 Å². The number of hydrogen-bond donors (Lipinski definition) is 1. The molecule has 0 saturated carbocycles. The lowest BCUT2D eigenvalue weighted by atomic mass is 10.1. The van der Waals surface area contributed by atoms with Crippen LogP contribution in [0, 0.1) is 12.8 Å². The Labute approximate surface area is 142 Å². The summed E-state index contributed by atoms with van der Waals surface area (Å²) < 4.78 is 4.89. The molecule has 8 heteroatoms. The van der Waals surface area contributed by atoms with Crippen molar-refractivity contribution >= 4 is 46.5 Å². The van der Waals surface area contributed by atoms with Crippen LogP contribution in [0.4, 0.5) is 11.5 Å². The first-order chi connectivity index (χ1) is 11.0. The SMILES string of the molecule is Cc1cc(NC(=O)C2CC(=O)N(c3cccc(Cl)c3Cl)C2)no1. The van der Waals surface area contributed by atoms with Gasteiger partial charge in [0.1, 0.15) is 5.76 Å². The fourth-order valence-electron chi connectivity index (χ4n) is 2.47. The predicted molar refractivity (Wildman–Crippen MR) is 86.8 cm³/mol. The van der Waals surface area contributed by atoms with Gasteiger partial charge in [0.15, 0.2) is 5.82 Å². The second-order valence-corrected chi connectivity index (χ2v) is 6.08. The maximum Gasteiger partial charge on any atom is 0.231 e. The van der Waals surface area contributed by atoms with E-state index in [1.165, 1.54) is 4.90 Å². The molecule has 1 aliphatic rings. The first kappa shape index (κ1) is 15.8. The maximum absolute atomic E-state index is 12.3. The summed E-state index contributed by atoms with van der Waals surface area (Å²) >= 11 is 12.1. The van der Waals surface area contributed by atoms with Gasteiger partial charge in [0, 0.05) is 19.0 Å². The summed E-state index contributed by atoms with van der Waals surface area (Å²) in [5.74, 6) is -0.0261. The molecule has 0 radical (unpaired) electrons. The third-order valence-corrected chi connectivity index (χ3v) is 4.41. The number of carbonyl (C=O) groups excluding carboxylic acids is 2. The number of amides is 2. The van der Waals surface area contributed by atoms with Gasteiger partial charge in [-0.05, 0) is 19.1 Å². The average molecular weight is 354 g/mol. The normalized spacial score (nSPS) is 17.6. The van der Waals surface area contributed by atoms with Crippen molar-refractivity contribution in [2.75, 3.05) is 16.8 Å². The highest BCUT2D eigenvalue weighted by atomic mass is 35.5. The van der Waals surface area contributed by atoms with E-state index in [0.29, 0.717) is 27.3 Å². The smallest absolute Gasteiger partial charge is 0.231 e. The molecule has 1 fully saturated rings. The van der Waals surface area contributed by atoms with Crippen LogP contribution in [-0.2, 0) is 9.59 Å². The van der Waals surface area contributed by atoms with Gasteiger partial charge >= 0.3 is 0 Å². The van der Waals surface area contributed by atoms with E-state index in [4.69, 9.17) is 27.7 Å². The molecule has 120 valence electrons. The van der Waals surface area contributed by atoms with Gasteiger partial charge in [0.05, 0.1) is 21.7 Å². The van der Waals surface area contributed by atoms with E-state index >= 15 is 0 Å². The van der Waals surface area contributed by atoms with Gasteiger partial charge in [-0.25, -0.2) is 0 Å². The van der Waals surface area contributed by atoms with E-state index in [0.717, 1.165) is 0 Å². The molecule has 1 saturated heterocycles. The minimum absolute atomic E-state index is 0.103. The number of carbonyl (C=O) groups is 2. The Balaban J connectivity index is 1.74. The van der Waals surface area contributed by atoms with Crippen molar-refractivity contribution in [2.24, 2.45) is 5.92 Å². The molecule has 1 aromatic heterocycles. The quantitative estimate of drug-likeness (QED) is 0.918. The lowest BCUT2D eigenvalue weighted by Crippen LogP contribution is -2.28. The molecular weight excluding hydrogens is 341 g/mol. The van der Waals surface area contributed by atoms with Crippen LogP contribution < -0.4 is 10.2 Å². The first-order valence-electron chi connectivity index (χ1n) is 6.94. The Morgan fingerprint density at radius 3 is 2.91 bits per heavy atom. The first-order valence-corrected chi connectivity index (χ1v) is 7.70. The summed E-state index contributed by atoms with van der Waals surface area (Å²) in [5, 5.41) is 7.01. The van der Waals surface area contributed by atoms with Gasteiger partial charge in [-0.1, -0.05) is 34.4 Å². The topological polar surface area (TPSA) is 75.4 Å². The summed E-state index contributed by atoms with van der Waals surface area (Å²) in [7, 11) is 0. The van der Waals surface area contributed by atoms with Crippen LogP contribution >= 0.6 is 23.2 Å². The summed E-state index contributed by atoms with van der Waals surface area (Å²) in [6, 6.07) is 6.67. The number of rotatable bonds is 3. The number of nitrogens with zero attached hydrogens (tertiary/aromatic N) is 2. The molecular formula is C15H13Cl2N3O3. The number of nitrogens with one attached hydrogen (secondary N) is 1. The molecule has 2 aromatic rings. The molecule has 1 N–H and O–H groups in total. The second-order valence-electron chi connectivity index (χ2n) is 5.29. The number of aryl methyl sites for hydroxylation is 1. The number of anilines is 2. The zero-order valence-corrected chi connectivity index (χ0v) is 13.7. The standard InChI is InChI=1S/C15H13Cl2N3O3/c1-8-5-12(19-23-8)18-15(22)9-6-13(21)20(7-9)11-4-2-3-10(16)14(11)17/h2-5,9H,6-7H2,1H3,(H,18,19,22). The number of halogens is 2. The Bertz CT molecular complexity index is 775. The van der Waals surface area contributed by atoms with Crippen molar-refractivity contribution in [3.8, 4) is 0 Å². The van der Waals surface area contributed by atoms with Crippen molar-refractivity contribution in [1.29, 1.82) is 0 Å². The van der Waals surface area contributed by atoms with Crippen molar-refractivity contribution in [2.45, 2.75) is 13.3 Å². The van der Waals surface area contributed by atoms with Crippen LogP contribution in [0.1, 0.15) is 12.2 Å². The lowest BCUT2D eigenvalue weighted by Gasteiger charge is -2.18. The van der Waals surface area contributed by atoms with Gasteiger partial charge in [0.2, 0.25) is 11.8 Å². The van der Waals surface area contributed by atoms with Gasteiger partial charge in [-0.15, -0.1) is 0 Å². The second kappa shape index (κ2) is 6.22. The maximum atomic E-state index is 12.3. The highest BCUT2D eigenvalue weighted by Crippen LogP contribution is 2.35. The molecule has 23 heavy (non-hydrogen) atoms. The summed E-state index contributed by atoms with van der Waals surface area (Å²) in [6.07, 6.45) is 0.103. The largest absolute Gasteiger partial charge is 0.360 e. The van der Waals surface area contributed by atoms with Gasteiger partial charge in [-0.3, -0.25) is 9.59 Å². The van der Waals surface area contributed by atoms with E-state index in [2.05, 4.69) is 10.5 Å². The monoisotopic (exact) mass is 353 g/mol. The van der Waals surface area contributed by atoms with Crippen LogP contribution in [0.2, 0.25) is 10.0 Å². The highest BCUT2D eigenvalue weighted by molar-refractivity contribution is 6.44. The van der Waals surface area contributed by atoms with E-state index in [9.17, 15) is 9.59 Å². The van der Waals surface area contributed by atoms with E-state index < -0.39 is 5.92 Å². The van der Waals surface area contributed by atoms with Crippen LogP contribution in [-0.4, -0.2) is 23.5 Å². The van der Waals surface area contributed by atoms with Crippen LogP contribution in [0.5, 0.6) is 0 Å². The fraction of sp³-hybridized carbons (Fsp3) is 0.267. The molecule has 1 atom stereocenters. The molecule has 2 heterocycles. The minimum atomic E-state index is -0.491. The molecule has 1 aromatic carbocycles. The minimum Gasteiger partial charge on any atom is -0.360 e. The summed E-state index contributed by atoms with van der Waals surface area (Å²) in [6.45, 7) is 1.96. The van der Waals surface area contributed by atoms with E-state index in [1.807, 2.05) is 0 Å². The van der Waals surface area contributed by atoms with Crippen molar-refractivity contribution in [3.05, 3.63) is 40.1 Å². The predicted octanol–water partition coefficient (Wildman–Crippen LogP) is 3.28. The Kier molecular flexibility index (Phi) is 4.28. The third kappa shape index (κ3) is 3.18. The van der Waals surface area contributed by atoms with Gasteiger partial charge < -0.3 is 14.7 Å². The zero-order chi connectivity index (χ0) is 16.6. The van der Waals surface area contributed by atoms with E-state index in [-0.39, 0.29) is 24.8 Å². The van der Waals surface area contributed by atoms with Gasteiger partial charge in [0.25, 0.3) is 0 Å². The van der Waals surface area contributed by atoms with Crippen molar-refractivity contribution in [3.63, 3.8) is 0 Å². The Morgan fingerprint density at radius 2 is 2.22 bits per heavy atom. The number of benzene rings is 1. The zero-order valence-electron chi connectivity index (χ0n) is 12.2. The molecule has 3 rings (SSSR count). The number of hydrogen-bond acceptors (Lipinski definition) is 4. The van der Waals surface area contributed by atoms with Gasteiger partial charge in [-0.2, -0.15) is 0 Å². The molecule has 0 aliphatic carbocycles. The summed E-state index contributed by atoms with van der Waals surface area (Å²) in [5.41, 5.74) is 0.511. The molecule has 2 amide bonds. The molecule has 1 aliphatic heterocycles. The lowest BCUT2D eigenvalue weighted by molar-refractivity contribution is -0.122. The van der Waals surface area contributed by atoms with Crippen LogP contribution in [0.3, 0.4) is 0 Å². The highest BCUT2D eigenvalue weighted by Gasteiger charge is 2.36. The molecule has 0 spiro atoms. The van der Waals surface area contributed by atoms with Crippen LogP contribution in [0.25, 0.3) is 0 Å². The molecule has 0 bridgehead atoms. The Morgan fingerprint density at radius 1 is 1.43 bits per heavy atom. The third-order valence-electron chi connectivity index (χ3n) is 3.60. The summed E-state index contributed by atoms with van der Waals surface area (Å²) in [4.78, 5) is 26.0. The number of aromatic nitrogens is 1. The average Bonchev–Trinajstić information content (AvgIpc) is 3.08. The van der Waals surface area contributed by atoms with Crippen molar-refractivity contribution < 1.29 is 14.1 Å². The molecule has 6 nitrogen and oxygen atoms in total. The molecule has 1 unspecified atom stereocenters. The Hall–Kier alpha value is -2.05. The fourth-order valence-corrected chi connectivity index (χ4v) is 2.87.